The summed E-state index contributed by atoms with van der Waals surface area (Å²) in [5.41, 5.74) is 1.01. The highest BCUT2D eigenvalue weighted by Gasteiger charge is 2.52. The van der Waals surface area contributed by atoms with Gasteiger partial charge < -0.3 is 9.64 Å². The summed E-state index contributed by atoms with van der Waals surface area (Å²) >= 11 is 0. The minimum atomic E-state index is -0.429. The van der Waals surface area contributed by atoms with Crippen LogP contribution in [0.3, 0.4) is 0 Å². The number of amides is 1. The molecule has 4 nitrogen and oxygen atoms in total. The van der Waals surface area contributed by atoms with E-state index in [1.165, 1.54) is 5.57 Å². The molecule has 2 rings (SSSR count). The second-order valence-corrected chi connectivity index (χ2v) is 6.15. The minimum absolute atomic E-state index is 0.226. The van der Waals surface area contributed by atoms with Gasteiger partial charge in [0.15, 0.2) is 0 Å². The maximum Gasteiger partial charge on any atom is 0.410 e. The zero-order chi connectivity index (χ0) is 12.7. The summed E-state index contributed by atoms with van der Waals surface area (Å²) in [6.45, 7) is 7.13. The first kappa shape index (κ1) is 12.1. The van der Waals surface area contributed by atoms with Crippen LogP contribution in [0.25, 0.3) is 0 Å². The monoisotopic (exact) mass is 237 g/mol. The van der Waals surface area contributed by atoms with Gasteiger partial charge in [-0.1, -0.05) is 5.57 Å². The van der Waals surface area contributed by atoms with Crippen molar-refractivity contribution in [1.29, 1.82) is 0 Å². The molecule has 1 saturated heterocycles. The number of aldehydes is 1. The Bertz CT molecular complexity index is 363. The molecule has 2 fully saturated rings. The first-order valence-electron chi connectivity index (χ1n) is 5.95. The smallest absolute Gasteiger partial charge is 0.410 e. The average Bonchev–Trinajstić information content (AvgIpc) is 2.03. The molecule has 94 valence electrons. The summed E-state index contributed by atoms with van der Waals surface area (Å²) in [6, 6.07) is 0. The highest BCUT2D eigenvalue weighted by atomic mass is 16.6. The quantitative estimate of drug-likeness (QED) is 0.518. The van der Waals surface area contributed by atoms with Crippen molar-refractivity contribution in [2.24, 2.45) is 5.41 Å². The normalized spacial score (nSPS) is 21.6. The minimum Gasteiger partial charge on any atom is -0.444 e. The third-order valence-corrected chi connectivity index (χ3v) is 3.21. The van der Waals surface area contributed by atoms with E-state index in [-0.39, 0.29) is 11.5 Å². The van der Waals surface area contributed by atoms with Crippen LogP contribution in [0.5, 0.6) is 0 Å². The van der Waals surface area contributed by atoms with Crippen LogP contribution in [-0.2, 0) is 9.53 Å². The third-order valence-electron chi connectivity index (χ3n) is 3.21. The van der Waals surface area contributed by atoms with Gasteiger partial charge in [0.25, 0.3) is 0 Å². The van der Waals surface area contributed by atoms with E-state index in [0.29, 0.717) is 0 Å². The van der Waals surface area contributed by atoms with Crippen LogP contribution in [0.15, 0.2) is 11.6 Å². The van der Waals surface area contributed by atoms with Crippen molar-refractivity contribution in [3.05, 3.63) is 11.6 Å². The van der Waals surface area contributed by atoms with Crippen molar-refractivity contribution < 1.29 is 14.3 Å². The molecule has 4 heteroatoms. The van der Waals surface area contributed by atoms with Crippen LogP contribution in [0.1, 0.15) is 33.6 Å². The predicted octanol–water partition coefficient (Wildman–Crippen LogP) is 2.14. The highest BCUT2D eigenvalue weighted by Crippen LogP contribution is 2.51. The molecule has 1 saturated carbocycles. The Labute approximate surface area is 102 Å². The molecule has 1 spiro atoms. The summed E-state index contributed by atoms with van der Waals surface area (Å²) < 4.78 is 5.29. The molecule has 17 heavy (non-hydrogen) atoms. The maximum absolute atomic E-state index is 11.7. The molecule has 1 aliphatic carbocycles. The van der Waals surface area contributed by atoms with Gasteiger partial charge in [-0.3, -0.25) is 4.79 Å². The van der Waals surface area contributed by atoms with Crippen molar-refractivity contribution in [1.82, 2.24) is 4.90 Å². The zero-order valence-electron chi connectivity index (χ0n) is 10.7. The molecule has 0 radical (unpaired) electrons. The van der Waals surface area contributed by atoms with E-state index in [1.807, 2.05) is 20.8 Å². The van der Waals surface area contributed by atoms with E-state index in [9.17, 15) is 9.59 Å². The molecule has 0 atom stereocenters. The van der Waals surface area contributed by atoms with Crippen LogP contribution < -0.4 is 0 Å². The molecule has 0 aromatic heterocycles. The first-order valence-corrected chi connectivity index (χ1v) is 5.95. The molecular weight excluding hydrogens is 218 g/mol. The fourth-order valence-corrected chi connectivity index (χ4v) is 2.57. The molecule has 0 bridgehead atoms. The van der Waals surface area contributed by atoms with E-state index < -0.39 is 5.60 Å². The molecule has 1 heterocycles. The summed E-state index contributed by atoms with van der Waals surface area (Å²) in [5.74, 6) is 0. The van der Waals surface area contributed by atoms with Crippen molar-refractivity contribution >= 4 is 12.4 Å². The Hall–Kier alpha value is -1.32. The Kier molecular flexibility index (Phi) is 2.76. The lowest BCUT2D eigenvalue weighted by atomic mass is 9.61. The fraction of sp³-hybridized carbons (Fsp3) is 0.692. The first-order chi connectivity index (χ1) is 7.84. The van der Waals surface area contributed by atoms with Crippen LogP contribution >= 0.6 is 0 Å². The fourth-order valence-electron chi connectivity index (χ4n) is 2.57. The van der Waals surface area contributed by atoms with Gasteiger partial charge in [-0.15, -0.1) is 0 Å². The van der Waals surface area contributed by atoms with Crippen molar-refractivity contribution in [3.63, 3.8) is 0 Å². The number of allylic oxidation sites excluding steroid dienone is 2. The maximum atomic E-state index is 11.7. The largest absolute Gasteiger partial charge is 0.444 e. The van der Waals surface area contributed by atoms with Crippen LogP contribution in [0.2, 0.25) is 0 Å². The van der Waals surface area contributed by atoms with Crippen molar-refractivity contribution in [2.75, 3.05) is 13.1 Å². The van der Waals surface area contributed by atoms with Gasteiger partial charge in [0.2, 0.25) is 0 Å². The van der Waals surface area contributed by atoms with Crippen LogP contribution in [-0.4, -0.2) is 36.0 Å². The number of nitrogens with zero attached hydrogens (tertiary/aromatic N) is 1. The third kappa shape index (κ3) is 2.51. The number of hydrogen-bond donors (Lipinski definition) is 0. The van der Waals surface area contributed by atoms with Crippen molar-refractivity contribution in [3.8, 4) is 0 Å². The molecule has 0 unspecified atom stereocenters. The average molecular weight is 237 g/mol. The number of rotatable bonds is 1. The Balaban J connectivity index is 1.79. The number of carbonyl (C=O) groups excluding carboxylic acids is 2. The highest BCUT2D eigenvalue weighted by molar-refractivity contribution is 5.70. The second-order valence-electron chi connectivity index (χ2n) is 6.15. The molecular formula is C13H19NO3. The van der Waals surface area contributed by atoms with Gasteiger partial charge in [0.05, 0.1) is 0 Å². The number of carbonyl (C=O) groups is 2. The molecule has 0 aromatic carbocycles. The van der Waals surface area contributed by atoms with Gasteiger partial charge in [-0.25, -0.2) is 4.79 Å². The van der Waals surface area contributed by atoms with Gasteiger partial charge in [-0.2, -0.15) is 0 Å². The van der Waals surface area contributed by atoms with Gasteiger partial charge in [-0.05, 0) is 39.7 Å². The van der Waals surface area contributed by atoms with Gasteiger partial charge in [0.1, 0.15) is 11.9 Å². The van der Waals surface area contributed by atoms with Crippen molar-refractivity contribution in [2.45, 2.75) is 39.2 Å². The summed E-state index contributed by atoms with van der Waals surface area (Å²) in [4.78, 5) is 23.7. The lowest BCUT2D eigenvalue weighted by Gasteiger charge is -2.56. The molecule has 0 aromatic rings. The molecule has 1 aliphatic heterocycles. The number of ether oxygens (including phenoxy) is 1. The van der Waals surface area contributed by atoms with E-state index >= 15 is 0 Å². The standard InChI is InChI=1S/C13H19NO3/c1-12(2,3)17-11(16)14-8-13(9-14)6-10(7-13)4-5-15/h4-5H,6-9H2,1-3H3. The molecule has 1 amide bonds. The predicted molar refractivity (Wildman–Crippen MR) is 63.6 cm³/mol. The van der Waals surface area contributed by atoms with Crippen LogP contribution in [0, 0.1) is 5.41 Å². The molecule has 0 N–H and O–H groups in total. The SMILES string of the molecule is CC(C)(C)OC(=O)N1CC2(CC(=CC=O)C2)C1. The van der Waals surface area contributed by atoms with E-state index in [2.05, 4.69) is 0 Å². The Morgan fingerprint density at radius 3 is 2.41 bits per heavy atom. The van der Waals surface area contributed by atoms with Gasteiger partial charge in [0, 0.05) is 18.5 Å². The Morgan fingerprint density at radius 1 is 1.35 bits per heavy atom. The summed E-state index contributed by atoms with van der Waals surface area (Å²) in [6.07, 6.45) is 4.15. The van der Waals surface area contributed by atoms with Crippen LogP contribution in [0.4, 0.5) is 4.79 Å². The number of likely N-dealkylation sites (tertiary alicyclic amines) is 1. The van der Waals surface area contributed by atoms with E-state index in [1.54, 1.807) is 11.0 Å². The topological polar surface area (TPSA) is 46.6 Å². The van der Waals surface area contributed by atoms with E-state index in [0.717, 1.165) is 32.2 Å². The summed E-state index contributed by atoms with van der Waals surface area (Å²) in [5, 5.41) is 0. The van der Waals surface area contributed by atoms with Gasteiger partial charge >= 0.3 is 6.09 Å². The lowest BCUT2D eigenvalue weighted by Crippen LogP contribution is -2.62. The number of hydrogen-bond acceptors (Lipinski definition) is 3. The summed E-state index contributed by atoms with van der Waals surface area (Å²) in [7, 11) is 0. The Morgan fingerprint density at radius 2 is 1.94 bits per heavy atom. The van der Waals surface area contributed by atoms with E-state index in [4.69, 9.17) is 4.74 Å². The molecule has 2 aliphatic rings. The lowest BCUT2D eigenvalue weighted by molar-refractivity contribution is -0.104. The second kappa shape index (κ2) is 3.86. The zero-order valence-corrected chi connectivity index (χ0v) is 10.7.